The molecule has 1 aromatic heterocycles. The predicted molar refractivity (Wildman–Crippen MR) is 86.0 cm³/mol. The lowest BCUT2D eigenvalue weighted by molar-refractivity contribution is 0.425. The standard InChI is InChI=1S/C12H12BNO2.2C2H6/c15-13(16)12-7-2-1-5-10(12)9-11-6-3-4-8-14-11;2*1-2/h1-8,15-16H,9H2;2*1-2H3. The molecule has 0 bridgehead atoms. The van der Waals surface area contributed by atoms with Crippen molar-refractivity contribution in [2.75, 3.05) is 0 Å². The SMILES string of the molecule is CC.CC.OB(O)c1ccccc1Cc1ccccn1. The lowest BCUT2D eigenvalue weighted by Crippen LogP contribution is -2.33. The zero-order chi connectivity index (χ0) is 15.4. The summed E-state index contributed by atoms with van der Waals surface area (Å²) in [6, 6.07) is 12.9. The summed E-state index contributed by atoms with van der Waals surface area (Å²) in [4.78, 5) is 4.21. The Bertz CT molecular complexity index is 461. The average molecular weight is 273 g/mol. The summed E-state index contributed by atoms with van der Waals surface area (Å²) in [6.45, 7) is 8.00. The fourth-order valence-corrected chi connectivity index (χ4v) is 1.64. The van der Waals surface area contributed by atoms with Crippen LogP contribution in [-0.2, 0) is 6.42 Å². The molecule has 0 radical (unpaired) electrons. The van der Waals surface area contributed by atoms with E-state index in [1.807, 2.05) is 58.0 Å². The van der Waals surface area contributed by atoms with Crippen molar-refractivity contribution < 1.29 is 10.0 Å². The summed E-state index contributed by atoms with van der Waals surface area (Å²) in [5.41, 5.74) is 2.33. The molecule has 0 aliphatic rings. The Morgan fingerprint density at radius 2 is 1.50 bits per heavy atom. The Morgan fingerprint density at radius 1 is 0.900 bits per heavy atom. The van der Waals surface area contributed by atoms with Crippen LogP contribution < -0.4 is 5.46 Å². The lowest BCUT2D eigenvalue weighted by atomic mass is 9.76. The Labute approximate surface area is 122 Å². The Morgan fingerprint density at radius 3 is 2.05 bits per heavy atom. The molecule has 0 spiro atoms. The van der Waals surface area contributed by atoms with E-state index in [2.05, 4.69) is 4.98 Å². The van der Waals surface area contributed by atoms with Crippen molar-refractivity contribution in [1.29, 1.82) is 0 Å². The van der Waals surface area contributed by atoms with Crippen LogP contribution in [0.2, 0.25) is 0 Å². The highest BCUT2D eigenvalue weighted by molar-refractivity contribution is 6.59. The largest absolute Gasteiger partial charge is 0.488 e. The van der Waals surface area contributed by atoms with Crippen molar-refractivity contribution in [3.8, 4) is 0 Å². The molecular formula is C16H24BNO2. The van der Waals surface area contributed by atoms with Crippen LogP contribution in [0.4, 0.5) is 0 Å². The monoisotopic (exact) mass is 273 g/mol. The summed E-state index contributed by atoms with van der Waals surface area (Å²) >= 11 is 0. The zero-order valence-electron chi connectivity index (χ0n) is 12.7. The number of nitrogens with zero attached hydrogens (tertiary/aromatic N) is 1. The molecule has 2 N–H and O–H groups in total. The molecule has 0 saturated carbocycles. The van der Waals surface area contributed by atoms with Crippen molar-refractivity contribution in [2.45, 2.75) is 34.1 Å². The van der Waals surface area contributed by atoms with Crippen LogP contribution in [0, 0.1) is 0 Å². The number of rotatable bonds is 3. The maximum atomic E-state index is 9.22. The molecule has 0 aliphatic carbocycles. The Balaban J connectivity index is 0.000000829. The maximum absolute atomic E-state index is 9.22. The van der Waals surface area contributed by atoms with E-state index in [0.29, 0.717) is 11.9 Å². The van der Waals surface area contributed by atoms with E-state index in [9.17, 15) is 10.0 Å². The van der Waals surface area contributed by atoms with Gasteiger partial charge in [0, 0.05) is 18.3 Å². The average Bonchev–Trinajstić information content (AvgIpc) is 2.52. The van der Waals surface area contributed by atoms with Crippen LogP contribution in [0.3, 0.4) is 0 Å². The molecular weight excluding hydrogens is 249 g/mol. The van der Waals surface area contributed by atoms with Crippen LogP contribution in [0.1, 0.15) is 39.0 Å². The minimum Gasteiger partial charge on any atom is -0.423 e. The van der Waals surface area contributed by atoms with E-state index >= 15 is 0 Å². The molecule has 3 nitrogen and oxygen atoms in total. The predicted octanol–water partition coefficient (Wildman–Crippen LogP) is 2.40. The second-order valence-corrected chi connectivity index (χ2v) is 3.57. The van der Waals surface area contributed by atoms with Gasteiger partial charge in [-0.05, 0) is 23.2 Å². The van der Waals surface area contributed by atoms with Gasteiger partial charge in [-0.3, -0.25) is 4.98 Å². The topological polar surface area (TPSA) is 53.4 Å². The molecule has 108 valence electrons. The maximum Gasteiger partial charge on any atom is 0.488 e. The van der Waals surface area contributed by atoms with E-state index in [0.717, 1.165) is 11.3 Å². The number of aromatic nitrogens is 1. The normalized spacial score (nSPS) is 8.70. The highest BCUT2D eigenvalue weighted by Crippen LogP contribution is 2.05. The van der Waals surface area contributed by atoms with Crippen LogP contribution in [-0.4, -0.2) is 22.2 Å². The fraction of sp³-hybridized carbons (Fsp3) is 0.312. The van der Waals surface area contributed by atoms with E-state index in [1.165, 1.54) is 0 Å². The smallest absolute Gasteiger partial charge is 0.423 e. The summed E-state index contributed by atoms with van der Waals surface area (Å²) in [5, 5.41) is 18.4. The van der Waals surface area contributed by atoms with Crippen molar-refractivity contribution in [3.63, 3.8) is 0 Å². The van der Waals surface area contributed by atoms with Gasteiger partial charge in [-0.1, -0.05) is 58.0 Å². The minimum atomic E-state index is -1.43. The quantitative estimate of drug-likeness (QED) is 0.844. The molecule has 1 aromatic carbocycles. The zero-order valence-corrected chi connectivity index (χ0v) is 12.7. The van der Waals surface area contributed by atoms with Gasteiger partial charge in [0.2, 0.25) is 0 Å². The first-order chi connectivity index (χ1) is 9.77. The molecule has 0 atom stereocenters. The highest BCUT2D eigenvalue weighted by Gasteiger charge is 2.15. The van der Waals surface area contributed by atoms with Crippen LogP contribution in [0.25, 0.3) is 0 Å². The fourth-order valence-electron chi connectivity index (χ4n) is 1.64. The van der Waals surface area contributed by atoms with Crippen molar-refractivity contribution >= 4 is 12.6 Å². The summed E-state index contributed by atoms with van der Waals surface area (Å²) < 4.78 is 0. The van der Waals surface area contributed by atoms with Crippen LogP contribution >= 0.6 is 0 Å². The van der Waals surface area contributed by atoms with Gasteiger partial charge in [0.15, 0.2) is 0 Å². The van der Waals surface area contributed by atoms with Gasteiger partial charge >= 0.3 is 7.12 Å². The summed E-state index contributed by atoms with van der Waals surface area (Å²) in [7, 11) is -1.43. The first-order valence-electron chi connectivity index (χ1n) is 7.11. The number of benzene rings is 1. The third-order valence-corrected chi connectivity index (χ3v) is 2.43. The third-order valence-electron chi connectivity index (χ3n) is 2.43. The summed E-state index contributed by atoms with van der Waals surface area (Å²) in [6.07, 6.45) is 2.34. The van der Waals surface area contributed by atoms with Gasteiger partial charge in [0.25, 0.3) is 0 Å². The van der Waals surface area contributed by atoms with Crippen molar-refractivity contribution in [3.05, 3.63) is 59.9 Å². The molecule has 2 rings (SSSR count). The van der Waals surface area contributed by atoms with Crippen molar-refractivity contribution in [1.82, 2.24) is 4.98 Å². The Hall–Kier alpha value is -1.65. The second-order valence-electron chi connectivity index (χ2n) is 3.57. The third kappa shape index (κ3) is 6.00. The highest BCUT2D eigenvalue weighted by atomic mass is 16.4. The van der Waals surface area contributed by atoms with Gasteiger partial charge in [-0.15, -0.1) is 0 Å². The Kier molecular flexibility index (Phi) is 10.3. The molecule has 0 unspecified atom stereocenters. The lowest BCUT2D eigenvalue weighted by Gasteiger charge is -2.07. The molecule has 0 saturated heterocycles. The van der Waals surface area contributed by atoms with Gasteiger partial charge in [0.05, 0.1) is 0 Å². The molecule has 0 aliphatic heterocycles. The first kappa shape index (κ1) is 18.4. The molecule has 4 heteroatoms. The second kappa shape index (κ2) is 11.2. The van der Waals surface area contributed by atoms with E-state index in [1.54, 1.807) is 18.3 Å². The molecule has 1 heterocycles. The van der Waals surface area contributed by atoms with E-state index in [-0.39, 0.29) is 0 Å². The van der Waals surface area contributed by atoms with Gasteiger partial charge < -0.3 is 10.0 Å². The minimum absolute atomic E-state index is 0.535. The molecule has 0 fully saturated rings. The number of pyridine rings is 1. The van der Waals surface area contributed by atoms with E-state index < -0.39 is 7.12 Å². The first-order valence-corrected chi connectivity index (χ1v) is 7.11. The molecule has 20 heavy (non-hydrogen) atoms. The van der Waals surface area contributed by atoms with Crippen LogP contribution in [0.15, 0.2) is 48.7 Å². The van der Waals surface area contributed by atoms with Gasteiger partial charge in [-0.2, -0.15) is 0 Å². The molecule has 0 amide bonds. The summed E-state index contributed by atoms with van der Waals surface area (Å²) in [5.74, 6) is 0. The van der Waals surface area contributed by atoms with Gasteiger partial charge in [0.1, 0.15) is 0 Å². The van der Waals surface area contributed by atoms with Gasteiger partial charge in [-0.25, -0.2) is 0 Å². The van der Waals surface area contributed by atoms with Crippen LogP contribution in [0.5, 0.6) is 0 Å². The number of hydrogen-bond acceptors (Lipinski definition) is 3. The van der Waals surface area contributed by atoms with E-state index in [4.69, 9.17) is 0 Å². The van der Waals surface area contributed by atoms with Crippen molar-refractivity contribution in [2.24, 2.45) is 0 Å². The number of hydrogen-bond donors (Lipinski definition) is 2. The molecule has 2 aromatic rings.